The van der Waals surface area contributed by atoms with Crippen LogP contribution in [0, 0.1) is 34.5 Å². The fourth-order valence-electron chi connectivity index (χ4n) is 9.70. The average molecular weight is 480 g/mol. The molecule has 0 bridgehead atoms. The first-order valence-corrected chi connectivity index (χ1v) is 13.9. The second-order valence-corrected chi connectivity index (χ2v) is 14.1. The third-order valence-electron chi connectivity index (χ3n) is 11.7. The third-order valence-corrected chi connectivity index (χ3v) is 11.7. The fraction of sp³-hybridized carbons (Fsp3) is 0.742. The molecule has 1 aromatic rings. The van der Waals surface area contributed by atoms with Gasteiger partial charge in [0, 0.05) is 19.5 Å². The van der Waals surface area contributed by atoms with Gasteiger partial charge in [-0.25, -0.2) is 0 Å². The van der Waals surface area contributed by atoms with Gasteiger partial charge in [0.1, 0.15) is 0 Å². The zero-order valence-corrected chi connectivity index (χ0v) is 22.9. The van der Waals surface area contributed by atoms with E-state index in [1.807, 2.05) is 7.05 Å². The maximum Gasteiger partial charge on any atom is 0.314 e. The zero-order valence-electron chi connectivity index (χ0n) is 22.9. The van der Waals surface area contributed by atoms with Gasteiger partial charge in [-0.2, -0.15) is 0 Å². The largest absolute Gasteiger partial charge is 0.481 e. The van der Waals surface area contributed by atoms with Crippen LogP contribution in [-0.4, -0.2) is 35.0 Å². The summed E-state index contributed by atoms with van der Waals surface area (Å²) in [6.07, 6.45) is 6.43. The van der Waals surface area contributed by atoms with Crippen molar-refractivity contribution in [3.05, 3.63) is 35.4 Å². The molecule has 35 heavy (non-hydrogen) atoms. The van der Waals surface area contributed by atoms with Crippen molar-refractivity contribution in [1.29, 1.82) is 0 Å². The quantitative estimate of drug-likeness (QED) is 0.533. The van der Waals surface area contributed by atoms with E-state index < -0.39 is 11.4 Å². The Labute approximate surface area is 211 Å². The maximum absolute atomic E-state index is 13.3. The normalized spacial score (nSPS) is 43.3. The Kier molecular flexibility index (Phi) is 5.55. The lowest BCUT2D eigenvalue weighted by Crippen LogP contribution is -2.64. The number of fused-ring (bicyclic) bond motifs is 5. The third kappa shape index (κ3) is 3.23. The number of carbonyl (C=O) groups excluding carboxylic acids is 1. The molecule has 0 aromatic heterocycles. The number of piperidine rings is 1. The van der Waals surface area contributed by atoms with Gasteiger partial charge in [-0.15, -0.1) is 0 Å². The summed E-state index contributed by atoms with van der Waals surface area (Å²) in [6, 6.07) is 8.84. The molecule has 3 unspecified atom stereocenters. The van der Waals surface area contributed by atoms with Crippen LogP contribution < -0.4 is 0 Å². The topological polar surface area (TPSA) is 57.6 Å². The van der Waals surface area contributed by atoms with Gasteiger partial charge in [0.25, 0.3) is 0 Å². The molecular formula is C31H45NO3. The minimum atomic E-state index is -0.833. The van der Waals surface area contributed by atoms with Crippen molar-refractivity contribution < 1.29 is 14.7 Å². The minimum absolute atomic E-state index is 0.0157. The van der Waals surface area contributed by atoms with Gasteiger partial charge in [0.05, 0.1) is 5.41 Å². The molecule has 0 radical (unpaired) electrons. The summed E-state index contributed by atoms with van der Waals surface area (Å²) < 4.78 is 0. The highest BCUT2D eigenvalue weighted by Crippen LogP contribution is 2.70. The highest BCUT2D eigenvalue weighted by molar-refractivity contribution is 5.83. The van der Waals surface area contributed by atoms with Crippen LogP contribution in [-0.2, 0) is 20.4 Å². The van der Waals surface area contributed by atoms with Crippen molar-refractivity contribution in [2.45, 2.75) is 103 Å². The van der Waals surface area contributed by atoms with E-state index in [0.29, 0.717) is 42.0 Å². The van der Waals surface area contributed by atoms with Gasteiger partial charge in [0.2, 0.25) is 5.91 Å². The Balaban J connectivity index is 1.57. The van der Waals surface area contributed by atoms with Crippen molar-refractivity contribution in [1.82, 2.24) is 4.90 Å². The molecule has 4 aliphatic rings. The van der Waals surface area contributed by atoms with Crippen LogP contribution in [0.3, 0.4) is 0 Å². The van der Waals surface area contributed by atoms with E-state index in [-0.39, 0.29) is 16.2 Å². The second kappa shape index (κ2) is 7.83. The van der Waals surface area contributed by atoms with Crippen molar-refractivity contribution in [2.75, 3.05) is 7.05 Å². The van der Waals surface area contributed by atoms with Crippen LogP contribution >= 0.6 is 0 Å². The summed E-state index contributed by atoms with van der Waals surface area (Å²) in [5, 5.41) is 10.9. The second-order valence-electron chi connectivity index (χ2n) is 14.1. The number of carboxylic acids is 1. The van der Waals surface area contributed by atoms with Gasteiger partial charge in [-0.1, -0.05) is 65.8 Å². The van der Waals surface area contributed by atoms with Crippen molar-refractivity contribution in [2.24, 2.45) is 34.5 Å². The molecule has 8 atom stereocenters. The van der Waals surface area contributed by atoms with E-state index in [9.17, 15) is 14.7 Å². The number of likely N-dealkylation sites (tertiary alicyclic amines) is 1. The van der Waals surface area contributed by atoms with Crippen molar-refractivity contribution >= 4 is 11.9 Å². The predicted molar refractivity (Wildman–Crippen MR) is 139 cm³/mol. The molecular weight excluding hydrogens is 434 g/mol. The Morgan fingerprint density at radius 3 is 2.43 bits per heavy atom. The SMILES string of the molecule is CC1CC2N(C)C(=O)CC[C@]2(C)[C@@H]2CC[C@@]3(C)[C@@H](CCC3(C(=O)O)c3cccc(C(C)(C)C)c3)[C@H]12. The van der Waals surface area contributed by atoms with Crippen molar-refractivity contribution in [3.63, 3.8) is 0 Å². The van der Waals surface area contributed by atoms with E-state index in [0.717, 1.165) is 44.1 Å². The number of rotatable bonds is 2. The molecule has 0 spiro atoms. The molecule has 4 fully saturated rings. The Hall–Kier alpha value is -1.84. The van der Waals surface area contributed by atoms with Crippen LogP contribution in [0.2, 0.25) is 0 Å². The lowest BCUT2D eigenvalue weighted by molar-refractivity contribution is -0.173. The molecule has 4 nitrogen and oxygen atoms in total. The number of amides is 1. The van der Waals surface area contributed by atoms with Crippen LogP contribution in [0.1, 0.15) is 97.6 Å². The maximum atomic E-state index is 13.3. The van der Waals surface area contributed by atoms with Crippen LogP contribution in [0.5, 0.6) is 0 Å². The average Bonchev–Trinajstić information content (AvgIpc) is 3.11. The zero-order chi connectivity index (χ0) is 25.6. The molecule has 3 saturated carbocycles. The molecule has 192 valence electrons. The summed E-state index contributed by atoms with van der Waals surface area (Å²) in [7, 11) is 2.01. The first kappa shape index (κ1) is 24.8. The van der Waals surface area contributed by atoms with Crippen LogP contribution in [0.4, 0.5) is 0 Å². The molecule has 1 aromatic carbocycles. The van der Waals surface area contributed by atoms with E-state index in [1.165, 1.54) is 5.56 Å². The van der Waals surface area contributed by atoms with E-state index in [2.05, 4.69) is 70.7 Å². The minimum Gasteiger partial charge on any atom is -0.481 e. The summed E-state index contributed by atoms with van der Waals surface area (Å²) in [5.74, 6) is 1.66. The van der Waals surface area contributed by atoms with E-state index >= 15 is 0 Å². The highest BCUT2D eigenvalue weighted by atomic mass is 16.4. The first-order chi connectivity index (χ1) is 16.3. The molecule has 4 heteroatoms. The molecule has 3 aliphatic carbocycles. The predicted octanol–water partition coefficient (Wildman–Crippen LogP) is 6.42. The molecule has 1 saturated heterocycles. The fourth-order valence-corrected chi connectivity index (χ4v) is 9.70. The number of hydrogen-bond acceptors (Lipinski definition) is 2. The molecule has 5 rings (SSSR count). The standard InChI is InChI=1S/C31H45NO3/c1-19-17-24-29(5,14-13-25(33)32(24)7)22-11-15-30(6)23(26(19)22)12-16-31(30,27(34)35)21-10-8-9-20(18-21)28(2,3)4/h8-10,18-19,22-24,26H,11-17H2,1-7H3,(H,34,35)/t19?,22-,23+,24?,26-,29-,30+,31?/m1/s1. The number of carbonyl (C=O) groups is 2. The number of aliphatic carboxylic acids is 1. The number of carboxylic acid groups (broad SMARTS) is 1. The van der Waals surface area contributed by atoms with Gasteiger partial charge < -0.3 is 10.0 Å². The molecule has 1 N–H and O–H groups in total. The van der Waals surface area contributed by atoms with E-state index in [1.54, 1.807) is 0 Å². The lowest BCUT2D eigenvalue weighted by Gasteiger charge is -2.64. The number of hydrogen-bond donors (Lipinski definition) is 1. The number of benzene rings is 1. The number of nitrogens with zero attached hydrogens (tertiary/aromatic N) is 1. The Morgan fingerprint density at radius 1 is 1.09 bits per heavy atom. The van der Waals surface area contributed by atoms with Crippen molar-refractivity contribution in [3.8, 4) is 0 Å². The molecule has 1 amide bonds. The Morgan fingerprint density at radius 2 is 1.77 bits per heavy atom. The van der Waals surface area contributed by atoms with Crippen LogP contribution in [0.15, 0.2) is 24.3 Å². The lowest BCUT2D eigenvalue weighted by atomic mass is 9.43. The van der Waals surface area contributed by atoms with Gasteiger partial charge in [-0.3, -0.25) is 9.59 Å². The summed E-state index contributed by atoms with van der Waals surface area (Å²) in [6.45, 7) is 13.8. The summed E-state index contributed by atoms with van der Waals surface area (Å²) in [5.41, 5.74) is 1.26. The summed E-state index contributed by atoms with van der Waals surface area (Å²) >= 11 is 0. The molecule has 1 heterocycles. The van der Waals surface area contributed by atoms with Gasteiger partial charge >= 0.3 is 5.97 Å². The van der Waals surface area contributed by atoms with Crippen LogP contribution in [0.25, 0.3) is 0 Å². The Bertz CT molecular complexity index is 1040. The summed E-state index contributed by atoms with van der Waals surface area (Å²) in [4.78, 5) is 27.9. The monoisotopic (exact) mass is 479 g/mol. The first-order valence-electron chi connectivity index (χ1n) is 13.9. The van der Waals surface area contributed by atoms with Gasteiger partial charge in [0.15, 0.2) is 0 Å². The van der Waals surface area contributed by atoms with E-state index in [4.69, 9.17) is 0 Å². The molecule has 1 aliphatic heterocycles. The highest BCUT2D eigenvalue weighted by Gasteiger charge is 2.69. The smallest absolute Gasteiger partial charge is 0.314 e. The van der Waals surface area contributed by atoms with Gasteiger partial charge in [-0.05, 0) is 89.6 Å².